The molecule has 1 aliphatic carbocycles. The number of halogens is 3. The number of rotatable bonds is 8. The van der Waals surface area contributed by atoms with E-state index in [0.717, 1.165) is 12.8 Å². The molecule has 0 spiro atoms. The highest BCUT2D eigenvalue weighted by atomic mass is 19.4. The van der Waals surface area contributed by atoms with Crippen LogP contribution in [0, 0.1) is 5.92 Å². The van der Waals surface area contributed by atoms with Crippen molar-refractivity contribution in [1.82, 2.24) is 0 Å². The molecule has 0 unspecified atom stereocenters. The molecule has 0 radical (unpaired) electrons. The standard InChI is InChI=1S/C20H19F3N2O4/c21-20(22,23)12-29-17-7-2-1-6-16(17)25-18(26)11-28-15-5-3-4-14(10-15)24-19(27)13-8-9-13/h1-7,10,13H,8-9,11-12H2,(H,24,27)(H,25,26). The van der Waals surface area contributed by atoms with E-state index in [9.17, 15) is 22.8 Å². The smallest absolute Gasteiger partial charge is 0.422 e. The summed E-state index contributed by atoms with van der Waals surface area (Å²) in [5, 5.41) is 5.24. The van der Waals surface area contributed by atoms with Crippen molar-refractivity contribution in [2.75, 3.05) is 23.8 Å². The number of anilines is 2. The Kier molecular flexibility index (Phi) is 6.26. The van der Waals surface area contributed by atoms with Gasteiger partial charge in [0.2, 0.25) is 5.91 Å². The van der Waals surface area contributed by atoms with Crippen LogP contribution in [0.25, 0.3) is 0 Å². The summed E-state index contributed by atoms with van der Waals surface area (Å²) in [5.74, 6) is -0.279. The Hall–Kier alpha value is -3.23. The predicted octanol–water partition coefficient (Wildman–Crippen LogP) is 3.99. The summed E-state index contributed by atoms with van der Waals surface area (Å²) < 4.78 is 47.2. The number of ether oxygens (including phenoxy) is 2. The monoisotopic (exact) mass is 408 g/mol. The maximum absolute atomic E-state index is 12.3. The van der Waals surface area contributed by atoms with Gasteiger partial charge in [-0.15, -0.1) is 0 Å². The van der Waals surface area contributed by atoms with Crippen LogP contribution in [0.1, 0.15) is 12.8 Å². The number of hydrogen-bond acceptors (Lipinski definition) is 4. The molecule has 29 heavy (non-hydrogen) atoms. The molecule has 2 N–H and O–H groups in total. The van der Waals surface area contributed by atoms with E-state index in [4.69, 9.17) is 9.47 Å². The molecule has 0 aromatic heterocycles. The van der Waals surface area contributed by atoms with Crippen molar-refractivity contribution >= 4 is 23.2 Å². The number of para-hydroxylation sites is 2. The van der Waals surface area contributed by atoms with E-state index in [1.165, 1.54) is 18.2 Å². The van der Waals surface area contributed by atoms with Crippen molar-refractivity contribution in [3.63, 3.8) is 0 Å². The summed E-state index contributed by atoms with van der Waals surface area (Å²) in [6.07, 6.45) is -2.72. The molecular formula is C20H19F3N2O4. The maximum atomic E-state index is 12.3. The first-order valence-corrected chi connectivity index (χ1v) is 8.92. The summed E-state index contributed by atoms with van der Waals surface area (Å²) in [6, 6.07) is 12.4. The first kappa shape index (κ1) is 20.5. The number of benzene rings is 2. The second-order valence-corrected chi connectivity index (χ2v) is 6.53. The van der Waals surface area contributed by atoms with Gasteiger partial charge in [-0.05, 0) is 37.1 Å². The fraction of sp³-hybridized carbons (Fsp3) is 0.300. The number of nitrogens with one attached hydrogen (secondary N) is 2. The molecular weight excluding hydrogens is 389 g/mol. The van der Waals surface area contributed by atoms with E-state index in [2.05, 4.69) is 10.6 Å². The first-order chi connectivity index (χ1) is 13.8. The zero-order valence-electron chi connectivity index (χ0n) is 15.3. The Morgan fingerprint density at radius 3 is 2.48 bits per heavy atom. The molecule has 6 nitrogen and oxygen atoms in total. The number of hydrogen-bond donors (Lipinski definition) is 2. The summed E-state index contributed by atoms with van der Waals surface area (Å²) in [7, 11) is 0. The topological polar surface area (TPSA) is 76.7 Å². The Labute approximate surface area is 165 Å². The summed E-state index contributed by atoms with van der Waals surface area (Å²) in [6.45, 7) is -1.83. The summed E-state index contributed by atoms with van der Waals surface area (Å²) in [4.78, 5) is 23.9. The zero-order chi connectivity index (χ0) is 20.9. The van der Waals surface area contributed by atoms with Gasteiger partial charge >= 0.3 is 6.18 Å². The van der Waals surface area contributed by atoms with Gasteiger partial charge in [0.05, 0.1) is 5.69 Å². The zero-order valence-corrected chi connectivity index (χ0v) is 15.3. The molecule has 0 aliphatic heterocycles. The largest absolute Gasteiger partial charge is 0.484 e. The average Bonchev–Trinajstić information content (AvgIpc) is 3.51. The van der Waals surface area contributed by atoms with E-state index in [1.807, 2.05) is 0 Å². The van der Waals surface area contributed by atoms with Crippen LogP contribution >= 0.6 is 0 Å². The number of carbonyl (C=O) groups excluding carboxylic acids is 2. The van der Waals surface area contributed by atoms with Crippen molar-refractivity contribution < 1.29 is 32.2 Å². The SMILES string of the molecule is O=C(COc1cccc(NC(=O)C2CC2)c1)Nc1ccccc1OCC(F)(F)F. The molecule has 0 atom stereocenters. The van der Waals surface area contributed by atoms with Gasteiger partial charge in [-0.1, -0.05) is 18.2 Å². The molecule has 2 aromatic carbocycles. The van der Waals surface area contributed by atoms with Gasteiger partial charge in [-0.2, -0.15) is 13.2 Å². The van der Waals surface area contributed by atoms with Gasteiger partial charge in [0.1, 0.15) is 11.5 Å². The van der Waals surface area contributed by atoms with Crippen molar-refractivity contribution in [2.24, 2.45) is 5.92 Å². The lowest BCUT2D eigenvalue weighted by atomic mass is 10.3. The number of carbonyl (C=O) groups is 2. The van der Waals surface area contributed by atoms with E-state index in [1.54, 1.807) is 30.3 Å². The van der Waals surface area contributed by atoms with Crippen LogP contribution in [0.2, 0.25) is 0 Å². The molecule has 0 heterocycles. The molecule has 9 heteroatoms. The minimum absolute atomic E-state index is 0.0460. The Balaban J connectivity index is 1.53. The van der Waals surface area contributed by atoms with Crippen LogP contribution in [0.15, 0.2) is 48.5 Å². The van der Waals surface area contributed by atoms with Crippen LogP contribution in [0.3, 0.4) is 0 Å². The van der Waals surface area contributed by atoms with Crippen LogP contribution < -0.4 is 20.1 Å². The molecule has 1 saturated carbocycles. The van der Waals surface area contributed by atoms with Crippen molar-refractivity contribution in [1.29, 1.82) is 0 Å². The fourth-order valence-corrected chi connectivity index (χ4v) is 2.44. The van der Waals surface area contributed by atoms with Crippen molar-refractivity contribution in [3.8, 4) is 11.5 Å². The number of amides is 2. The van der Waals surface area contributed by atoms with Crippen LogP contribution in [-0.2, 0) is 9.59 Å². The predicted molar refractivity (Wildman–Crippen MR) is 99.9 cm³/mol. The van der Waals surface area contributed by atoms with Gasteiger partial charge in [0.15, 0.2) is 13.2 Å². The van der Waals surface area contributed by atoms with Gasteiger partial charge in [-0.3, -0.25) is 9.59 Å². The molecule has 2 amide bonds. The van der Waals surface area contributed by atoms with Crippen LogP contribution in [-0.4, -0.2) is 31.2 Å². The third kappa shape index (κ3) is 6.70. The molecule has 0 bridgehead atoms. The molecule has 0 saturated heterocycles. The van der Waals surface area contributed by atoms with Crippen LogP contribution in [0.4, 0.5) is 24.5 Å². The Bertz CT molecular complexity index is 882. The third-order valence-electron chi connectivity index (χ3n) is 3.97. The minimum Gasteiger partial charge on any atom is -0.484 e. The molecule has 3 rings (SSSR count). The first-order valence-electron chi connectivity index (χ1n) is 8.92. The number of alkyl halides is 3. The van der Waals surface area contributed by atoms with Gasteiger partial charge in [0, 0.05) is 17.7 Å². The summed E-state index contributed by atoms with van der Waals surface area (Å²) in [5.41, 5.74) is 0.668. The maximum Gasteiger partial charge on any atom is 0.422 e. The second kappa shape index (κ2) is 8.85. The fourth-order valence-electron chi connectivity index (χ4n) is 2.44. The molecule has 1 aliphatic rings. The normalized spacial score (nSPS) is 13.5. The Morgan fingerprint density at radius 2 is 1.76 bits per heavy atom. The molecule has 1 fully saturated rings. The van der Waals surface area contributed by atoms with Gasteiger partial charge in [0.25, 0.3) is 5.91 Å². The highest BCUT2D eigenvalue weighted by Gasteiger charge is 2.30. The quantitative estimate of drug-likeness (QED) is 0.693. The highest BCUT2D eigenvalue weighted by Crippen LogP contribution is 2.30. The molecule has 2 aromatic rings. The van der Waals surface area contributed by atoms with Crippen molar-refractivity contribution in [2.45, 2.75) is 19.0 Å². The van der Waals surface area contributed by atoms with Crippen LogP contribution in [0.5, 0.6) is 11.5 Å². The second-order valence-electron chi connectivity index (χ2n) is 6.53. The van der Waals surface area contributed by atoms with Gasteiger partial charge < -0.3 is 20.1 Å². The molecule has 154 valence electrons. The highest BCUT2D eigenvalue weighted by molar-refractivity contribution is 5.94. The third-order valence-corrected chi connectivity index (χ3v) is 3.97. The average molecular weight is 408 g/mol. The van der Waals surface area contributed by atoms with E-state index in [-0.39, 0.29) is 29.9 Å². The summed E-state index contributed by atoms with van der Waals surface area (Å²) >= 11 is 0. The lowest BCUT2D eigenvalue weighted by Gasteiger charge is -2.14. The van der Waals surface area contributed by atoms with E-state index < -0.39 is 18.7 Å². The lowest BCUT2D eigenvalue weighted by Crippen LogP contribution is -2.22. The Morgan fingerprint density at radius 1 is 1.00 bits per heavy atom. The van der Waals surface area contributed by atoms with Gasteiger partial charge in [-0.25, -0.2) is 0 Å². The van der Waals surface area contributed by atoms with E-state index >= 15 is 0 Å². The van der Waals surface area contributed by atoms with E-state index in [0.29, 0.717) is 11.4 Å². The van der Waals surface area contributed by atoms with Crippen molar-refractivity contribution in [3.05, 3.63) is 48.5 Å². The lowest BCUT2D eigenvalue weighted by molar-refractivity contribution is -0.153. The minimum atomic E-state index is -4.49.